The summed E-state index contributed by atoms with van der Waals surface area (Å²) >= 11 is 2.21. The topological polar surface area (TPSA) is 49.3 Å². The molecule has 0 aromatic heterocycles. The molecule has 0 aliphatic rings. The molecule has 1 unspecified atom stereocenters. The molecule has 0 bridgehead atoms. The van der Waals surface area contributed by atoms with Gasteiger partial charge in [0.2, 0.25) is 5.91 Å². The smallest absolute Gasteiger partial charge is 0.224 e. The first-order valence-corrected chi connectivity index (χ1v) is 5.89. The maximum absolute atomic E-state index is 11.4. The predicted molar refractivity (Wildman–Crippen MR) is 68.7 cm³/mol. The van der Waals surface area contributed by atoms with Crippen molar-refractivity contribution in [2.45, 2.75) is 25.9 Å². The maximum Gasteiger partial charge on any atom is 0.224 e. The van der Waals surface area contributed by atoms with E-state index in [0.29, 0.717) is 12.8 Å². The van der Waals surface area contributed by atoms with Crippen LogP contribution in [0.2, 0.25) is 0 Å². The van der Waals surface area contributed by atoms with Crippen LogP contribution in [0.15, 0.2) is 24.3 Å². The lowest BCUT2D eigenvalue weighted by Crippen LogP contribution is -2.13. The molecule has 0 radical (unpaired) electrons. The van der Waals surface area contributed by atoms with Gasteiger partial charge in [0.1, 0.15) is 0 Å². The molecule has 0 spiro atoms. The number of aliphatic hydroxyl groups excluding tert-OH is 1. The molecular formula is C11H14INO2. The Morgan fingerprint density at radius 1 is 1.47 bits per heavy atom. The molecule has 0 fully saturated rings. The fourth-order valence-electron chi connectivity index (χ4n) is 1.10. The number of hydrogen-bond donors (Lipinski definition) is 2. The van der Waals surface area contributed by atoms with E-state index >= 15 is 0 Å². The minimum absolute atomic E-state index is 0.0582. The van der Waals surface area contributed by atoms with Gasteiger partial charge in [0.15, 0.2) is 0 Å². The van der Waals surface area contributed by atoms with Crippen LogP contribution in [0.1, 0.15) is 19.8 Å². The van der Waals surface area contributed by atoms with Gasteiger partial charge in [-0.1, -0.05) is 0 Å². The Morgan fingerprint density at radius 2 is 2.07 bits per heavy atom. The Morgan fingerprint density at radius 3 is 2.60 bits per heavy atom. The second-order valence-electron chi connectivity index (χ2n) is 3.44. The summed E-state index contributed by atoms with van der Waals surface area (Å²) in [7, 11) is 0. The average molecular weight is 319 g/mol. The molecule has 1 aromatic rings. The van der Waals surface area contributed by atoms with Crippen LogP contribution in [0.3, 0.4) is 0 Å². The van der Waals surface area contributed by atoms with Crippen LogP contribution in [0.4, 0.5) is 5.69 Å². The number of amides is 1. The highest BCUT2D eigenvalue weighted by Crippen LogP contribution is 2.11. The highest BCUT2D eigenvalue weighted by Gasteiger charge is 2.04. The van der Waals surface area contributed by atoms with E-state index in [4.69, 9.17) is 5.11 Å². The number of anilines is 1. The van der Waals surface area contributed by atoms with Gasteiger partial charge in [-0.2, -0.15) is 0 Å². The molecule has 1 amide bonds. The Kier molecular flexibility index (Phi) is 5.04. The summed E-state index contributed by atoms with van der Waals surface area (Å²) in [5.41, 5.74) is 0.797. The van der Waals surface area contributed by atoms with Gasteiger partial charge in [0.25, 0.3) is 0 Å². The van der Waals surface area contributed by atoms with Gasteiger partial charge in [0, 0.05) is 15.7 Å². The quantitative estimate of drug-likeness (QED) is 0.837. The molecule has 15 heavy (non-hydrogen) atoms. The third-order valence-electron chi connectivity index (χ3n) is 1.92. The Bertz CT molecular complexity index is 322. The number of carbonyl (C=O) groups excluding carboxylic acids is 1. The van der Waals surface area contributed by atoms with E-state index in [-0.39, 0.29) is 5.91 Å². The standard InChI is InChI=1S/C11H14INO2/c1-8(14)2-7-11(15)13-10-5-3-9(12)4-6-10/h3-6,8,14H,2,7H2,1H3,(H,13,15). The van der Waals surface area contributed by atoms with Gasteiger partial charge < -0.3 is 10.4 Å². The Balaban J connectivity index is 2.41. The third kappa shape index (κ3) is 5.13. The second-order valence-corrected chi connectivity index (χ2v) is 4.69. The first kappa shape index (κ1) is 12.4. The van der Waals surface area contributed by atoms with E-state index in [0.717, 1.165) is 9.26 Å². The highest BCUT2D eigenvalue weighted by molar-refractivity contribution is 14.1. The van der Waals surface area contributed by atoms with Crippen LogP contribution < -0.4 is 5.32 Å². The molecule has 3 nitrogen and oxygen atoms in total. The molecule has 4 heteroatoms. The van der Waals surface area contributed by atoms with Crippen LogP contribution >= 0.6 is 22.6 Å². The SMILES string of the molecule is CC(O)CCC(=O)Nc1ccc(I)cc1. The van der Waals surface area contributed by atoms with E-state index < -0.39 is 6.10 Å². The molecule has 2 N–H and O–H groups in total. The summed E-state index contributed by atoms with van der Waals surface area (Å²) < 4.78 is 1.13. The van der Waals surface area contributed by atoms with Crippen molar-refractivity contribution in [3.05, 3.63) is 27.8 Å². The van der Waals surface area contributed by atoms with Gasteiger partial charge in [-0.05, 0) is 60.2 Å². The normalized spacial score (nSPS) is 12.2. The number of hydrogen-bond acceptors (Lipinski definition) is 2. The molecule has 82 valence electrons. The van der Waals surface area contributed by atoms with Crippen molar-refractivity contribution < 1.29 is 9.90 Å². The molecule has 0 saturated heterocycles. The second kappa shape index (κ2) is 6.07. The Hall–Kier alpha value is -0.620. The molecule has 0 aliphatic heterocycles. The van der Waals surface area contributed by atoms with Crippen molar-refractivity contribution in [2.75, 3.05) is 5.32 Å². The lowest BCUT2D eigenvalue weighted by atomic mass is 10.2. The van der Waals surface area contributed by atoms with Crippen molar-refractivity contribution in [1.82, 2.24) is 0 Å². The predicted octanol–water partition coefficient (Wildman–Crippen LogP) is 2.39. The van der Waals surface area contributed by atoms with Crippen LogP contribution in [0, 0.1) is 3.57 Å². The average Bonchev–Trinajstić information content (AvgIpc) is 2.19. The first-order valence-electron chi connectivity index (χ1n) is 4.81. The first-order chi connectivity index (χ1) is 7.08. The fourth-order valence-corrected chi connectivity index (χ4v) is 1.46. The summed E-state index contributed by atoms with van der Waals surface area (Å²) in [4.78, 5) is 11.4. The van der Waals surface area contributed by atoms with Gasteiger partial charge in [0.05, 0.1) is 6.10 Å². The Labute approximate surface area is 103 Å². The van der Waals surface area contributed by atoms with Crippen molar-refractivity contribution in [3.8, 4) is 0 Å². The van der Waals surface area contributed by atoms with Crippen LogP contribution in [0.5, 0.6) is 0 Å². The molecule has 0 aliphatic carbocycles. The lowest BCUT2D eigenvalue weighted by Gasteiger charge is -2.06. The number of carbonyl (C=O) groups is 1. The third-order valence-corrected chi connectivity index (χ3v) is 2.64. The van der Waals surface area contributed by atoms with E-state index in [1.54, 1.807) is 6.92 Å². The van der Waals surface area contributed by atoms with Gasteiger partial charge in [-0.3, -0.25) is 4.79 Å². The summed E-state index contributed by atoms with van der Waals surface area (Å²) in [6.07, 6.45) is 0.423. The van der Waals surface area contributed by atoms with E-state index in [2.05, 4.69) is 27.9 Å². The number of benzene rings is 1. The van der Waals surface area contributed by atoms with Crippen molar-refractivity contribution in [3.63, 3.8) is 0 Å². The number of aliphatic hydroxyl groups is 1. The van der Waals surface area contributed by atoms with Crippen LogP contribution in [0.25, 0.3) is 0 Å². The number of rotatable bonds is 4. The highest BCUT2D eigenvalue weighted by atomic mass is 127. The van der Waals surface area contributed by atoms with Crippen LogP contribution in [-0.2, 0) is 4.79 Å². The zero-order valence-corrected chi connectivity index (χ0v) is 10.7. The lowest BCUT2D eigenvalue weighted by molar-refractivity contribution is -0.116. The van der Waals surface area contributed by atoms with Gasteiger partial charge in [-0.25, -0.2) is 0 Å². The van der Waals surface area contributed by atoms with Crippen molar-refractivity contribution in [2.24, 2.45) is 0 Å². The summed E-state index contributed by atoms with van der Waals surface area (Å²) in [6, 6.07) is 7.60. The van der Waals surface area contributed by atoms with Gasteiger partial charge in [-0.15, -0.1) is 0 Å². The van der Waals surface area contributed by atoms with E-state index in [9.17, 15) is 4.79 Å². The van der Waals surface area contributed by atoms with Crippen molar-refractivity contribution in [1.29, 1.82) is 0 Å². The minimum Gasteiger partial charge on any atom is -0.393 e. The van der Waals surface area contributed by atoms with Crippen molar-refractivity contribution >= 4 is 34.2 Å². The van der Waals surface area contributed by atoms with Gasteiger partial charge >= 0.3 is 0 Å². The fraction of sp³-hybridized carbons (Fsp3) is 0.364. The molecule has 0 saturated carbocycles. The summed E-state index contributed by atoms with van der Waals surface area (Å²) in [6.45, 7) is 1.68. The molecular weight excluding hydrogens is 305 g/mol. The monoisotopic (exact) mass is 319 g/mol. The summed E-state index contributed by atoms with van der Waals surface area (Å²) in [5.74, 6) is -0.0582. The maximum atomic E-state index is 11.4. The number of nitrogens with one attached hydrogen (secondary N) is 1. The largest absolute Gasteiger partial charge is 0.393 e. The molecule has 0 heterocycles. The zero-order valence-electron chi connectivity index (χ0n) is 8.53. The molecule has 1 atom stereocenters. The van der Waals surface area contributed by atoms with E-state index in [1.165, 1.54) is 0 Å². The zero-order chi connectivity index (χ0) is 11.3. The summed E-state index contributed by atoms with van der Waals surface area (Å²) in [5, 5.41) is 11.8. The van der Waals surface area contributed by atoms with Crippen LogP contribution in [-0.4, -0.2) is 17.1 Å². The number of halogens is 1. The molecule has 1 aromatic carbocycles. The van der Waals surface area contributed by atoms with E-state index in [1.807, 2.05) is 24.3 Å². The minimum atomic E-state index is -0.424. The molecule has 1 rings (SSSR count).